The Bertz CT molecular complexity index is 429. The summed E-state index contributed by atoms with van der Waals surface area (Å²) in [6, 6.07) is 0.507. The predicted octanol–water partition coefficient (Wildman–Crippen LogP) is 1.80. The van der Waals surface area contributed by atoms with Gasteiger partial charge in [0.15, 0.2) is 0 Å². The van der Waals surface area contributed by atoms with E-state index in [2.05, 4.69) is 22.2 Å². The maximum Gasteiger partial charge on any atom is 0.254 e. The molecule has 1 amide bonds. The standard InChI is InChI=1S/C15H26N4O/c1-3-4-5-8-19-9-6-7-14(19)11-16-15(20)13-10-17-18(2)12-13/h10,12,14H,3-9,11H2,1-2H3,(H,16,20)/t14-/m0/s1. The number of carbonyl (C=O) groups is 1. The molecule has 0 spiro atoms. The maximum absolute atomic E-state index is 12.0. The first-order valence-corrected chi connectivity index (χ1v) is 7.71. The van der Waals surface area contributed by atoms with Crippen LogP contribution in [0.5, 0.6) is 0 Å². The summed E-state index contributed by atoms with van der Waals surface area (Å²) in [4.78, 5) is 14.5. The van der Waals surface area contributed by atoms with Gasteiger partial charge in [-0.15, -0.1) is 0 Å². The van der Waals surface area contributed by atoms with E-state index < -0.39 is 0 Å². The summed E-state index contributed by atoms with van der Waals surface area (Å²) in [5.41, 5.74) is 0.642. The van der Waals surface area contributed by atoms with Crippen LogP contribution < -0.4 is 5.32 Å². The summed E-state index contributed by atoms with van der Waals surface area (Å²) in [5.74, 6) is -0.0153. The molecule has 1 atom stereocenters. The van der Waals surface area contributed by atoms with Gasteiger partial charge in [0.25, 0.3) is 5.91 Å². The second-order valence-electron chi connectivity index (χ2n) is 5.65. The highest BCUT2D eigenvalue weighted by Crippen LogP contribution is 2.17. The van der Waals surface area contributed by atoms with Gasteiger partial charge >= 0.3 is 0 Å². The summed E-state index contributed by atoms with van der Waals surface area (Å²) in [6.07, 6.45) is 9.63. The van der Waals surface area contributed by atoms with E-state index in [1.807, 2.05) is 7.05 Å². The molecule has 0 bridgehead atoms. The lowest BCUT2D eigenvalue weighted by molar-refractivity contribution is 0.0940. The molecule has 1 saturated heterocycles. The predicted molar refractivity (Wildman–Crippen MR) is 79.7 cm³/mol. The van der Waals surface area contributed by atoms with E-state index in [0.29, 0.717) is 11.6 Å². The second kappa shape index (κ2) is 7.43. The minimum absolute atomic E-state index is 0.0153. The van der Waals surface area contributed by atoms with Gasteiger partial charge in [0, 0.05) is 25.8 Å². The SMILES string of the molecule is CCCCCN1CCC[C@H]1CNC(=O)c1cnn(C)c1. The van der Waals surface area contributed by atoms with Crippen LogP contribution in [-0.2, 0) is 7.05 Å². The summed E-state index contributed by atoms with van der Waals surface area (Å²) < 4.78 is 1.65. The van der Waals surface area contributed by atoms with Crippen molar-refractivity contribution in [2.75, 3.05) is 19.6 Å². The number of likely N-dealkylation sites (tertiary alicyclic amines) is 1. The Hall–Kier alpha value is -1.36. The molecule has 2 rings (SSSR count). The van der Waals surface area contributed by atoms with Crippen LogP contribution in [-0.4, -0.2) is 46.3 Å². The molecule has 1 aliphatic rings. The van der Waals surface area contributed by atoms with E-state index in [4.69, 9.17) is 0 Å². The fourth-order valence-electron chi connectivity index (χ4n) is 2.84. The molecule has 1 aromatic rings. The van der Waals surface area contributed by atoms with E-state index in [-0.39, 0.29) is 5.91 Å². The first-order chi connectivity index (χ1) is 9.70. The van der Waals surface area contributed by atoms with Crippen LogP contribution in [0.3, 0.4) is 0 Å². The monoisotopic (exact) mass is 278 g/mol. The first-order valence-electron chi connectivity index (χ1n) is 7.71. The summed E-state index contributed by atoms with van der Waals surface area (Å²) in [7, 11) is 1.82. The quantitative estimate of drug-likeness (QED) is 0.774. The number of aromatic nitrogens is 2. The van der Waals surface area contributed by atoms with E-state index in [1.165, 1.54) is 45.2 Å². The minimum Gasteiger partial charge on any atom is -0.350 e. The van der Waals surface area contributed by atoms with E-state index in [0.717, 1.165) is 6.54 Å². The lowest BCUT2D eigenvalue weighted by Gasteiger charge is -2.24. The highest BCUT2D eigenvalue weighted by molar-refractivity contribution is 5.93. The van der Waals surface area contributed by atoms with Crippen LogP contribution in [0, 0.1) is 0 Å². The zero-order chi connectivity index (χ0) is 14.4. The van der Waals surface area contributed by atoms with E-state index in [1.54, 1.807) is 17.1 Å². The van der Waals surface area contributed by atoms with Gasteiger partial charge in [0.2, 0.25) is 0 Å². The molecule has 0 unspecified atom stereocenters. The molecule has 1 aliphatic heterocycles. The number of carbonyl (C=O) groups excluding carboxylic acids is 1. The second-order valence-corrected chi connectivity index (χ2v) is 5.65. The van der Waals surface area contributed by atoms with Crippen molar-refractivity contribution in [2.24, 2.45) is 7.05 Å². The van der Waals surface area contributed by atoms with E-state index in [9.17, 15) is 4.79 Å². The highest BCUT2D eigenvalue weighted by Gasteiger charge is 2.24. The molecule has 1 N–H and O–H groups in total. The molecule has 0 radical (unpaired) electrons. The van der Waals surface area contributed by atoms with Crippen LogP contribution >= 0.6 is 0 Å². The molecule has 112 valence electrons. The molecular formula is C15H26N4O. The smallest absolute Gasteiger partial charge is 0.254 e. The van der Waals surface area contributed by atoms with Crippen LogP contribution in [0.15, 0.2) is 12.4 Å². The Balaban J connectivity index is 1.76. The van der Waals surface area contributed by atoms with Crippen molar-refractivity contribution in [1.82, 2.24) is 20.0 Å². The number of nitrogens with one attached hydrogen (secondary N) is 1. The van der Waals surface area contributed by atoms with Crippen LogP contribution in [0.1, 0.15) is 49.4 Å². The Labute approximate surface area is 121 Å². The van der Waals surface area contributed by atoms with Gasteiger partial charge in [-0.3, -0.25) is 14.4 Å². The first kappa shape index (κ1) is 15.0. The lowest BCUT2D eigenvalue weighted by atomic mass is 10.2. The van der Waals surface area contributed by atoms with Crippen molar-refractivity contribution in [3.8, 4) is 0 Å². The average molecular weight is 278 g/mol. The number of amides is 1. The van der Waals surface area contributed by atoms with Crippen LogP contribution in [0.25, 0.3) is 0 Å². The largest absolute Gasteiger partial charge is 0.350 e. The fraction of sp³-hybridized carbons (Fsp3) is 0.733. The summed E-state index contributed by atoms with van der Waals surface area (Å²) >= 11 is 0. The molecule has 0 aromatic carbocycles. The number of aryl methyl sites for hydroxylation is 1. The van der Waals surface area contributed by atoms with Crippen molar-refractivity contribution in [2.45, 2.75) is 45.1 Å². The number of hydrogen-bond donors (Lipinski definition) is 1. The molecule has 0 aliphatic carbocycles. The normalized spacial score (nSPS) is 19.4. The topological polar surface area (TPSA) is 50.2 Å². The van der Waals surface area contributed by atoms with E-state index >= 15 is 0 Å². The Morgan fingerprint density at radius 2 is 2.35 bits per heavy atom. The summed E-state index contributed by atoms with van der Waals surface area (Å²) in [5, 5.41) is 7.07. The van der Waals surface area contributed by atoms with Crippen molar-refractivity contribution >= 4 is 5.91 Å². The summed E-state index contributed by atoms with van der Waals surface area (Å²) in [6.45, 7) is 5.33. The Morgan fingerprint density at radius 1 is 1.50 bits per heavy atom. The van der Waals surface area contributed by atoms with Crippen molar-refractivity contribution in [3.05, 3.63) is 18.0 Å². The fourth-order valence-corrected chi connectivity index (χ4v) is 2.84. The van der Waals surface area contributed by atoms with Crippen LogP contribution in [0.2, 0.25) is 0 Å². The number of hydrogen-bond acceptors (Lipinski definition) is 3. The van der Waals surface area contributed by atoms with Gasteiger partial charge in [0.1, 0.15) is 0 Å². The van der Waals surface area contributed by atoms with Gasteiger partial charge in [-0.05, 0) is 32.4 Å². The van der Waals surface area contributed by atoms with Gasteiger partial charge < -0.3 is 5.32 Å². The highest BCUT2D eigenvalue weighted by atomic mass is 16.1. The maximum atomic E-state index is 12.0. The van der Waals surface area contributed by atoms with Gasteiger partial charge in [0.05, 0.1) is 11.8 Å². The van der Waals surface area contributed by atoms with Gasteiger partial charge in [-0.25, -0.2) is 0 Å². The molecule has 1 fully saturated rings. The van der Waals surface area contributed by atoms with Crippen molar-refractivity contribution in [1.29, 1.82) is 0 Å². The average Bonchev–Trinajstić information content (AvgIpc) is 3.05. The lowest BCUT2D eigenvalue weighted by Crippen LogP contribution is -2.40. The zero-order valence-corrected chi connectivity index (χ0v) is 12.6. The molecule has 2 heterocycles. The van der Waals surface area contributed by atoms with Gasteiger partial charge in [-0.2, -0.15) is 5.10 Å². The Morgan fingerprint density at radius 3 is 3.05 bits per heavy atom. The third kappa shape index (κ3) is 4.07. The number of nitrogens with zero attached hydrogens (tertiary/aromatic N) is 3. The molecule has 20 heavy (non-hydrogen) atoms. The van der Waals surface area contributed by atoms with Crippen molar-refractivity contribution in [3.63, 3.8) is 0 Å². The molecular weight excluding hydrogens is 252 g/mol. The van der Waals surface area contributed by atoms with Crippen molar-refractivity contribution < 1.29 is 4.79 Å². The molecule has 1 aromatic heterocycles. The molecule has 0 saturated carbocycles. The third-order valence-corrected chi connectivity index (χ3v) is 4.01. The molecule has 5 heteroatoms. The Kier molecular flexibility index (Phi) is 5.59. The molecule has 5 nitrogen and oxygen atoms in total. The minimum atomic E-state index is -0.0153. The van der Waals surface area contributed by atoms with Gasteiger partial charge in [-0.1, -0.05) is 19.8 Å². The third-order valence-electron chi connectivity index (χ3n) is 4.01. The number of rotatable bonds is 7. The van der Waals surface area contributed by atoms with Crippen LogP contribution in [0.4, 0.5) is 0 Å². The zero-order valence-electron chi connectivity index (χ0n) is 12.6. The number of unbranched alkanes of at least 4 members (excludes halogenated alkanes) is 2.